The van der Waals surface area contributed by atoms with Crippen LogP contribution in [0, 0.1) is 60.7 Å². The number of hydrogen-bond acceptors (Lipinski definition) is 33. The molecule has 3 heterocycles. The van der Waals surface area contributed by atoms with Gasteiger partial charge in [0.1, 0.15) is 56.1 Å². The third-order valence-electron chi connectivity index (χ3n) is 17.8. The summed E-state index contributed by atoms with van der Waals surface area (Å²) in [7, 11) is 0. The number of ether oxygens (including phenoxy) is 5. The lowest BCUT2D eigenvalue weighted by Crippen LogP contribution is -2.45. The topological polar surface area (TPSA) is 694 Å². The fraction of sp³-hybridized carbons (Fsp3) is 0.362. The highest BCUT2D eigenvalue weighted by atomic mass is 79.9. The minimum absolute atomic E-state index is 0.00737. The number of thiazole rings is 1. The summed E-state index contributed by atoms with van der Waals surface area (Å²) in [5, 5.41) is 92.1. The number of halogens is 2. The number of carboxylic acids is 1. The molecule has 9 aromatic rings. The number of nitro groups is 6. The number of hydrogen-bond donors (Lipinski definition) is 8. The van der Waals surface area contributed by atoms with Crippen LogP contribution in [0.5, 0.6) is 0 Å². The molecular formula is C94H110Br2N18O28S4. The Morgan fingerprint density at radius 3 is 0.849 bits per heavy atom. The summed E-state index contributed by atoms with van der Waals surface area (Å²) >= 11 is 15.7. The number of thiophene rings is 2. The van der Waals surface area contributed by atoms with E-state index in [-0.39, 0.29) is 94.5 Å². The molecule has 0 aliphatic rings. The van der Waals surface area contributed by atoms with Gasteiger partial charge in [-0.2, -0.15) is 9.58 Å². The Hall–Kier alpha value is -15.2. The van der Waals surface area contributed by atoms with Crippen LogP contribution in [-0.2, 0) is 86.2 Å². The van der Waals surface area contributed by atoms with E-state index in [0.717, 1.165) is 26.0 Å². The lowest BCUT2D eigenvalue weighted by Gasteiger charge is -2.23. The number of nitrogens with one attached hydrogen (secondary N) is 5. The molecule has 782 valence electrons. The number of ketones is 4. The van der Waals surface area contributed by atoms with Crippen molar-refractivity contribution in [2.45, 2.75) is 207 Å². The number of alkyl halides is 2. The van der Waals surface area contributed by atoms with Gasteiger partial charge in [0.05, 0.1) is 73.8 Å². The zero-order valence-electron chi connectivity index (χ0n) is 81.6. The van der Waals surface area contributed by atoms with Crippen LogP contribution in [0.2, 0.25) is 0 Å². The minimum Gasteiger partial charge on any atom is -0.480 e. The summed E-state index contributed by atoms with van der Waals surface area (Å²) in [6, 6.07) is 37.6. The molecule has 9 rings (SSSR count). The molecule has 6 aromatic carbocycles. The van der Waals surface area contributed by atoms with Crippen LogP contribution < -0.4 is 38.1 Å². The standard InChI is InChI=1S/2C15H19BrN2O5.2C15H18N4O5.C15H13N3O2S2.C14H18N2O6.C5H5NS2/c2*1-15(2,3)23-14(20)17-12(13(19)9-16)8-10-4-6-11(7-5-10)18(21)22;2*1-15(2,3)24-14(21)18-12(13(20)9-17-16)8-10-4-6-11(7-5-10)19(22)23;16-12(8-10-3-5-11(6-4-10)18(19)20)13-9-22-15(17-13)14-2-1-7-21-14;1-14(2,3)22-13(19)15-11(12(17)18)8-9-4-6-10(7-5-9)16(20)21;6-5(7)4-2-1-3-8-4/h2*4-7,12H,8-9H2,1-3H3,(H,17,20);2*4-7,9,12H,8H2,1-3H3,(H,18,21);1-7,9,12H,8,16H2;4-7,11H,8H2,1-3H3,(H,15,19)(H,17,18);1-3H,(H2,6,7)/t5*12-;11-;/m000000./s1. The molecular weight excluding hydrogens is 2120 g/mol. The first-order valence-electron chi connectivity index (χ1n) is 43.3. The maximum absolute atomic E-state index is 12.0. The van der Waals surface area contributed by atoms with Gasteiger partial charge >= 0.3 is 48.9 Å². The molecule has 0 saturated heterocycles. The summed E-state index contributed by atoms with van der Waals surface area (Å²) in [6.07, 6.45) is -1.28. The van der Waals surface area contributed by atoms with E-state index >= 15 is 0 Å². The quantitative estimate of drug-likeness (QED) is 0.00267. The molecule has 0 bridgehead atoms. The van der Waals surface area contributed by atoms with Crippen molar-refractivity contribution in [2.24, 2.45) is 11.5 Å². The van der Waals surface area contributed by atoms with Gasteiger partial charge in [-0.05, 0) is 179 Å². The molecule has 0 aliphatic carbocycles. The number of alkyl carbamates (subject to hydrolysis) is 5. The van der Waals surface area contributed by atoms with Crippen molar-refractivity contribution >= 4 is 189 Å². The molecule has 6 atom stereocenters. The van der Waals surface area contributed by atoms with Gasteiger partial charge in [0.2, 0.25) is 0 Å². The molecule has 10 N–H and O–H groups in total. The number of carbonyl (C=O) groups excluding carboxylic acids is 9. The number of rotatable bonds is 35. The van der Waals surface area contributed by atoms with E-state index < -0.39 is 136 Å². The van der Waals surface area contributed by atoms with Crippen LogP contribution >= 0.6 is 78.1 Å². The Kier molecular flexibility index (Phi) is 51.7. The smallest absolute Gasteiger partial charge is 0.408 e. The minimum atomic E-state index is -1.22. The number of carbonyl (C=O) groups is 10. The van der Waals surface area contributed by atoms with E-state index in [1.54, 1.807) is 174 Å². The molecule has 46 nitrogen and oxygen atoms in total. The first-order valence-corrected chi connectivity index (χ1v) is 48.6. The summed E-state index contributed by atoms with van der Waals surface area (Å²) < 4.78 is 25.5. The van der Waals surface area contributed by atoms with Crippen molar-refractivity contribution in [3.8, 4) is 9.88 Å². The van der Waals surface area contributed by atoms with Crippen molar-refractivity contribution < 1.29 is 116 Å². The fourth-order valence-electron chi connectivity index (χ4n) is 11.3. The number of aliphatic carboxylic acids is 1. The number of amides is 5. The second-order valence-electron chi connectivity index (χ2n) is 35.6. The molecule has 52 heteroatoms. The van der Waals surface area contributed by atoms with Gasteiger partial charge in [0.25, 0.3) is 45.7 Å². The summed E-state index contributed by atoms with van der Waals surface area (Å²) in [4.78, 5) is 191. The SMILES string of the molecule is CC(C)(C)OC(=O)N[C@@H](Cc1ccc([N+](=O)[O-])cc1)C(=O)C=[N+]=[N-].CC(C)(C)OC(=O)N[C@@H](Cc1ccc([N+](=O)[O-])cc1)C(=O)C=[N+]=[N-].CC(C)(C)OC(=O)N[C@@H](Cc1ccc([N+](=O)[O-])cc1)C(=O)CBr.CC(C)(C)OC(=O)N[C@@H](Cc1ccc([N+](=O)[O-])cc1)C(=O)CBr.CC(C)(C)OC(=O)N[C@@H](Cc1ccc([N+](=O)[O-])cc1)C(=O)O.NC(=S)c1cccs1.N[C@@H](Cc1ccc([N+](=O)[O-])cc1)c1csc(-c2cccs2)n1. The number of benzene rings is 6. The lowest BCUT2D eigenvalue weighted by molar-refractivity contribution is -0.385. The molecule has 0 fully saturated rings. The van der Waals surface area contributed by atoms with E-state index in [1.807, 2.05) is 40.4 Å². The second-order valence-corrected chi connectivity index (χ2v) is 39.9. The number of aromatic nitrogens is 1. The predicted octanol–water partition coefficient (Wildman–Crippen LogP) is 17.3. The first-order chi connectivity index (χ1) is 68.0. The van der Waals surface area contributed by atoms with Crippen LogP contribution in [0.15, 0.2) is 186 Å². The maximum Gasteiger partial charge on any atom is 0.408 e. The van der Waals surface area contributed by atoms with E-state index in [1.165, 1.54) is 109 Å². The molecule has 146 heavy (non-hydrogen) atoms. The number of Topliss-reactive ketones (excluding diaryl/α,β-unsaturated/α-hetero) is 4. The number of non-ortho nitro benzene ring substituents is 6. The number of thiocarbonyl (C=S) groups is 1. The van der Waals surface area contributed by atoms with Gasteiger partial charge in [-0.1, -0.05) is 129 Å². The normalized spacial score (nSPS) is 12.0. The van der Waals surface area contributed by atoms with Crippen LogP contribution in [0.3, 0.4) is 0 Å². The Labute approximate surface area is 871 Å². The molecule has 0 spiro atoms. The fourth-order valence-corrected chi connectivity index (χ4v) is 14.6. The maximum atomic E-state index is 12.0. The molecule has 3 aromatic heterocycles. The van der Waals surface area contributed by atoms with Crippen LogP contribution in [0.1, 0.15) is 154 Å². The van der Waals surface area contributed by atoms with E-state index in [9.17, 15) is 109 Å². The monoisotopic (exact) mass is 2220 g/mol. The van der Waals surface area contributed by atoms with Crippen LogP contribution in [0.25, 0.3) is 20.9 Å². The van der Waals surface area contributed by atoms with Crippen molar-refractivity contribution in [2.75, 3.05) is 10.7 Å². The molecule has 0 saturated carbocycles. The van der Waals surface area contributed by atoms with E-state index in [2.05, 4.69) is 73.0 Å². The van der Waals surface area contributed by atoms with Gasteiger partial charge in [-0.3, -0.25) is 79.9 Å². The molecule has 0 aliphatic heterocycles. The predicted molar refractivity (Wildman–Crippen MR) is 554 cm³/mol. The van der Waals surface area contributed by atoms with Crippen molar-refractivity contribution in [1.29, 1.82) is 0 Å². The van der Waals surface area contributed by atoms with E-state index in [0.29, 0.717) is 51.7 Å². The van der Waals surface area contributed by atoms with Gasteiger partial charge in [0.15, 0.2) is 11.6 Å². The number of nitrogens with zero attached hydrogens (tertiary/aromatic N) is 11. The number of nitrogens with two attached hydrogens (primary N) is 2. The number of nitro benzene ring substituents is 6. The van der Waals surface area contributed by atoms with Crippen LogP contribution in [0.4, 0.5) is 58.1 Å². The third-order valence-corrected chi connectivity index (χ3v) is 22.0. The Bertz CT molecular complexity index is 5820. The van der Waals surface area contributed by atoms with Gasteiger partial charge < -0.3 is 77.9 Å². The zero-order valence-corrected chi connectivity index (χ0v) is 88.0. The second kappa shape index (κ2) is 60.4. The third kappa shape index (κ3) is 51.2. The van der Waals surface area contributed by atoms with Gasteiger partial charge in [-0.15, -0.1) is 34.0 Å². The van der Waals surface area contributed by atoms with E-state index in [4.69, 9.17) is 63.5 Å². The largest absolute Gasteiger partial charge is 0.480 e. The molecule has 0 unspecified atom stereocenters. The summed E-state index contributed by atoms with van der Waals surface area (Å²) in [6.45, 7) is 25.4. The zero-order chi connectivity index (χ0) is 110. The highest BCUT2D eigenvalue weighted by Gasteiger charge is 2.32. The van der Waals surface area contributed by atoms with Gasteiger partial charge in [0, 0.05) is 97.4 Å². The average Bonchev–Trinajstić information content (AvgIpc) is 1.69. The average molecular weight is 2230 g/mol. The number of carboxylic acid groups (broad SMARTS) is 1. The van der Waals surface area contributed by atoms with Crippen molar-refractivity contribution in [1.82, 2.24) is 31.6 Å². The highest BCUT2D eigenvalue weighted by Crippen LogP contribution is 2.31. The summed E-state index contributed by atoms with van der Waals surface area (Å²) in [5.41, 5.74) is 29.7. The van der Waals surface area contributed by atoms with Gasteiger partial charge in [-0.25, -0.2) is 33.8 Å². The first kappa shape index (κ1) is 125. The van der Waals surface area contributed by atoms with Crippen molar-refractivity contribution in [3.05, 3.63) is 302 Å². The Morgan fingerprint density at radius 1 is 0.397 bits per heavy atom. The summed E-state index contributed by atoms with van der Waals surface area (Å²) in [5.74, 6) is -2.92. The molecule has 5 amide bonds. The van der Waals surface area contributed by atoms with Crippen molar-refractivity contribution in [3.63, 3.8) is 0 Å². The Balaban J connectivity index is 0.000000443. The lowest BCUT2D eigenvalue weighted by atomic mass is 10.0. The molecule has 0 radical (unpaired) electrons. The highest BCUT2D eigenvalue weighted by molar-refractivity contribution is 9.09. The Morgan fingerprint density at radius 2 is 0.637 bits per heavy atom. The van der Waals surface area contributed by atoms with Crippen LogP contribution in [-0.4, -0.2) is 195 Å².